The normalized spacial score (nSPS) is 14.5. The molecule has 92 valence electrons. The molecule has 2 rings (SSSR count). The average Bonchev–Trinajstić information content (AvgIpc) is 2.33. The first kappa shape index (κ1) is 11.9. The Morgan fingerprint density at radius 1 is 1.53 bits per heavy atom. The minimum Gasteiger partial charge on any atom is -0.482 e. The van der Waals surface area contributed by atoms with Crippen molar-refractivity contribution in [3.05, 3.63) is 23.8 Å². The first-order valence-corrected chi connectivity index (χ1v) is 5.67. The van der Waals surface area contributed by atoms with E-state index in [4.69, 9.17) is 10.5 Å². The highest BCUT2D eigenvalue weighted by atomic mass is 16.5. The van der Waals surface area contributed by atoms with E-state index in [-0.39, 0.29) is 12.5 Å². The number of carbonyl (C=O) groups excluding carboxylic acids is 1. The van der Waals surface area contributed by atoms with E-state index in [9.17, 15) is 4.79 Å². The summed E-state index contributed by atoms with van der Waals surface area (Å²) in [6.07, 6.45) is 0.800. The molecule has 0 aromatic heterocycles. The molecule has 0 unspecified atom stereocenters. The molecule has 5 nitrogen and oxygen atoms in total. The molecule has 0 fully saturated rings. The lowest BCUT2D eigenvalue weighted by molar-refractivity contribution is -0.121. The van der Waals surface area contributed by atoms with Crippen LogP contribution < -0.4 is 20.7 Å². The standard InChI is InChI=1S/C12H17N3O2/c1-14-8-15-10-6-9(4-5-13)2-3-11(10)17-7-12(15)16/h2-3,6,14H,4-5,7-8,13H2,1H3. The van der Waals surface area contributed by atoms with Crippen molar-refractivity contribution >= 4 is 11.6 Å². The molecule has 17 heavy (non-hydrogen) atoms. The van der Waals surface area contributed by atoms with Gasteiger partial charge in [0.25, 0.3) is 5.91 Å². The second-order valence-corrected chi connectivity index (χ2v) is 3.96. The van der Waals surface area contributed by atoms with Crippen LogP contribution in [0.25, 0.3) is 0 Å². The Hall–Kier alpha value is -1.59. The van der Waals surface area contributed by atoms with Crippen molar-refractivity contribution in [2.75, 3.05) is 31.8 Å². The van der Waals surface area contributed by atoms with Crippen LogP contribution in [0.15, 0.2) is 18.2 Å². The second-order valence-electron chi connectivity index (χ2n) is 3.96. The molecule has 1 amide bonds. The van der Waals surface area contributed by atoms with Gasteiger partial charge in [-0.3, -0.25) is 9.69 Å². The van der Waals surface area contributed by atoms with E-state index in [0.717, 1.165) is 23.4 Å². The van der Waals surface area contributed by atoms with E-state index in [1.807, 2.05) is 25.2 Å². The molecule has 0 aliphatic carbocycles. The summed E-state index contributed by atoms with van der Waals surface area (Å²) in [6.45, 7) is 1.19. The van der Waals surface area contributed by atoms with E-state index in [1.165, 1.54) is 0 Å². The van der Waals surface area contributed by atoms with Crippen LogP contribution in [-0.2, 0) is 11.2 Å². The summed E-state index contributed by atoms with van der Waals surface area (Å²) in [4.78, 5) is 13.4. The van der Waals surface area contributed by atoms with Gasteiger partial charge in [-0.05, 0) is 37.7 Å². The van der Waals surface area contributed by atoms with Gasteiger partial charge in [-0.15, -0.1) is 0 Å². The van der Waals surface area contributed by atoms with Gasteiger partial charge in [0.15, 0.2) is 6.61 Å². The molecule has 0 bridgehead atoms. The second kappa shape index (κ2) is 5.16. The zero-order chi connectivity index (χ0) is 12.3. The summed E-state index contributed by atoms with van der Waals surface area (Å²) in [5, 5.41) is 2.99. The fourth-order valence-corrected chi connectivity index (χ4v) is 1.90. The van der Waals surface area contributed by atoms with Gasteiger partial charge >= 0.3 is 0 Å². The maximum atomic E-state index is 11.8. The molecule has 1 aromatic rings. The average molecular weight is 235 g/mol. The molecule has 0 spiro atoms. The largest absolute Gasteiger partial charge is 0.482 e. The molecule has 0 atom stereocenters. The number of anilines is 1. The van der Waals surface area contributed by atoms with Gasteiger partial charge in [-0.1, -0.05) is 6.07 Å². The number of hydrogen-bond donors (Lipinski definition) is 2. The summed E-state index contributed by atoms with van der Waals surface area (Å²) in [7, 11) is 1.81. The minimum atomic E-state index is -0.0308. The first-order chi connectivity index (χ1) is 8.26. The van der Waals surface area contributed by atoms with Crippen molar-refractivity contribution in [2.24, 2.45) is 5.73 Å². The van der Waals surface area contributed by atoms with Gasteiger partial charge in [0.05, 0.1) is 12.4 Å². The fourth-order valence-electron chi connectivity index (χ4n) is 1.90. The van der Waals surface area contributed by atoms with Crippen LogP contribution in [0.1, 0.15) is 5.56 Å². The van der Waals surface area contributed by atoms with Crippen molar-refractivity contribution in [1.82, 2.24) is 5.32 Å². The molecule has 1 aromatic carbocycles. The van der Waals surface area contributed by atoms with Crippen molar-refractivity contribution in [3.63, 3.8) is 0 Å². The lowest BCUT2D eigenvalue weighted by atomic mass is 10.1. The third-order valence-corrected chi connectivity index (χ3v) is 2.72. The molecule has 1 aliphatic rings. The Bertz CT molecular complexity index is 420. The molecular formula is C12H17N3O2. The Morgan fingerprint density at radius 2 is 2.35 bits per heavy atom. The van der Waals surface area contributed by atoms with Gasteiger partial charge in [-0.2, -0.15) is 0 Å². The maximum absolute atomic E-state index is 11.8. The summed E-state index contributed by atoms with van der Waals surface area (Å²) in [5.41, 5.74) is 7.47. The molecule has 3 N–H and O–H groups in total. The topological polar surface area (TPSA) is 67.6 Å². The van der Waals surface area contributed by atoms with Crippen molar-refractivity contribution in [2.45, 2.75) is 6.42 Å². The minimum absolute atomic E-state index is 0.0308. The SMILES string of the molecule is CNCN1C(=O)COc2ccc(CCN)cc21. The number of hydrogen-bond acceptors (Lipinski definition) is 4. The molecule has 0 saturated heterocycles. The Morgan fingerprint density at radius 3 is 3.06 bits per heavy atom. The maximum Gasteiger partial charge on any atom is 0.266 e. The summed E-state index contributed by atoms with van der Waals surface area (Å²) in [5.74, 6) is 0.720. The number of nitrogens with one attached hydrogen (secondary N) is 1. The zero-order valence-corrected chi connectivity index (χ0v) is 9.90. The van der Waals surface area contributed by atoms with Gasteiger partial charge in [0.1, 0.15) is 5.75 Å². The highest BCUT2D eigenvalue weighted by molar-refractivity contribution is 5.97. The molecule has 0 radical (unpaired) electrons. The Balaban J connectivity index is 2.34. The predicted octanol–water partition coefficient (Wildman–Crippen LogP) is 0.0901. The molecule has 1 heterocycles. The Labute approximate surface area is 101 Å². The number of nitrogens with zero attached hydrogens (tertiary/aromatic N) is 1. The summed E-state index contributed by atoms with van der Waals surface area (Å²) in [6, 6.07) is 5.85. The lowest BCUT2D eigenvalue weighted by Gasteiger charge is -2.29. The summed E-state index contributed by atoms with van der Waals surface area (Å²) < 4.78 is 5.40. The van der Waals surface area contributed by atoms with Crippen LogP contribution in [-0.4, -0.2) is 32.8 Å². The van der Waals surface area contributed by atoms with Crippen molar-refractivity contribution in [1.29, 1.82) is 0 Å². The van der Waals surface area contributed by atoms with E-state index in [0.29, 0.717) is 13.2 Å². The Kier molecular flexibility index (Phi) is 3.61. The first-order valence-electron chi connectivity index (χ1n) is 5.67. The number of amides is 1. The highest BCUT2D eigenvalue weighted by Gasteiger charge is 2.24. The number of benzene rings is 1. The molecule has 0 saturated carbocycles. The van der Waals surface area contributed by atoms with E-state index in [2.05, 4.69) is 5.32 Å². The van der Waals surface area contributed by atoms with Crippen molar-refractivity contribution < 1.29 is 9.53 Å². The van der Waals surface area contributed by atoms with Crippen LogP contribution in [0, 0.1) is 0 Å². The quantitative estimate of drug-likeness (QED) is 0.776. The zero-order valence-electron chi connectivity index (χ0n) is 9.90. The van der Waals surface area contributed by atoms with Crippen LogP contribution in [0.3, 0.4) is 0 Å². The predicted molar refractivity (Wildman–Crippen MR) is 66.1 cm³/mol. The van der Waals surface area contributed by atoms with Gasteiger partial charge in [0.2, 0.25) is 0 Å². The van der Waals surface area contributed by atoms with E-state index >= 15 is 0 Å². The summed E-state index contributed by atoms with van der Waals surface area (Å²) >= 11 is 0. The van der Waals surface area contributed by atoms with Gasteiger partial charge < -0.3 is 15.8 Å². The van der Waals surface area contributed by atoms with Crippen LogP contribution in [0.4, 0.5) is 5.69 Å². The number of carbonyl (C=O) groups is 1. The van der Waals surface area contributed by atoms with E-state index < -0.39 is 0 Å². The fraction of sp³-hybridized carbons (Fsp3) is 0.417. The lowest BCUT2D eigenvalue weighted by Crippen LogP contribution is -2.43. The third kappa shape index (κ3) is 2.40. The number of fused-ring (bicyclic) bond motifs is 1. The number of rotatable bonds is 4. The molecule has 5 heteroatoms. The van der Waals surface area contributed by atoms with Gasteiger partial charge in [0, 0.05) is 0 Å². The smallest absolute Gasteiger partial charge is 0.266 e. The molecular weight excluding hydrogens is 218 g/mol. The monoisotopic (exact) mass is 235 g/mol. The van der Waals surface area contributed by atoms with Crippen LogP contribution in [0.5, 0.6) is 5.75 Å². The van der Waals surface area contributed by atoms with Crippen LogP contribution >= 0.6 is 0 Å². The number of nitrogens with two attached hydrogens (primary N) is 1. The highest BCUT2D eigenvalue weighted by Crippen LogP contribution is 2.32. The van der Waals surface area contributed by atoms with Crippen molar-refractivity contribution in [3.8, 4) is 5.75 Å². The van der Waals surface area contributed by atoms with Crippen LogP contribution in [0.2, 0.25) is 0 Å². The van der Waals surface area contributed by atoms with E-state index in [1.54, 1.807) is 4.90 Å². The molecule has 1 aliphatic heterocycles. The third-order valence-electron chi connectivity index (χ3n) is 2.72. The number of ether oxygens (including phenoxy) is 1. The van der Waals surface area contributed by atoms with Gasteiger partial charge in [-0.25, -0.2) is 0 Å².